The fourth-order valence-electron chi connectivity index (χ4n) is 2.20. The molecular formula is C12H12N4O3. The monoisotopic (exact) mass is 260 g/mol. The molecule has 2 aromatic rings. The summed E-state index contributed by atoms with van der Waals surface area (Å²) < 4.78 is 7.77. The maximum atomic E-state index is 12.3. The van der Waals surface area contributed by atoms with Crippen molar-refractivity contribution in [1.29, 1.82) is 0 Å². The van der Waals surface area contributed by atoms with E-state index in [1.807, 2.05) is 0 Å². The second-order valence-electron chi connectivity index (χ2n) is 4.31. The zero-order valence-electron chi connectivity index (χ0n) is 10.5. The van der Waals surface area contributed by atoms with Gasteiger partial charge in [-0.05, 0) is 12.1 Å². The SMILES string of the molecule is Cn1c2c(c(=O)n(C)c1=O)C(c1ccco1)N=CN2. The first kappa shape index (κ1) is 11.5. The van der Waals surface area contributed by atoms with Crippen molar-refractivity contribution >= 4 is 12.2 Å². The van der Waals surface area contributed by atoms with Gasteiger partial charge in [-0.1, -0.05) is 0 Å². The van der Waals surface area contributed by atoms with Crippen LogP contribution in [0.2, 0.25) is 0 Å². The molecule has 98 valence electrons. The van der Waals surface area contributed by atoms with Crippen molar-refractivity contribution in [3.8, 4) is 0 Å². The highest BCUT2D eigenvalue weighted by Crippen LogP contribution is 2.30. The van der Waals surface area contributed by atoms with Gasteiger partial charge in [0.15, 0.2) is 0 Å². The maximum Gasteiger partial charge on any atom is 0.332 e. The summed E-state index contributed by atoms with van der Waals surface area (Å²) in [5, 5.41) is 2.85. The van der Waals surface area contributed by atoms with Gasteiger partial charge in [0, 0.05) is 14.1 Å². The molecule has 0 bridgehead atoms. The minimum absolute atomic E-state index is 0.371. The Bertz CT molecular complexity index is 768. The van der Waals surface area contributed by atoms with E-state index < -0.39 is 6.04 Å². The summed E-state index contributed by atoms with van der Waals surface area (Å²) in [5.74, 6) is 1.01. The van der Waals surface area contributed by atoms with Crippen LogP contribution in [0.15, 0.2) is 37.4 Å². The van der Waals surface area contributed by atoms with Crippen LogP contribution in [0.4, 0.5) is 5.82 Å². The Labute approximate surface area is 107 Å². The molecule has 7 nitrogen and oxygen atoms in total. The first-order valence-corrected chi connectivity index (χ1v) is 5.72. The number of anilines is 1. The lowest BCUT2D eigenvalue weighted by Crippen LogP contribution is -2.42. The van der Waals surface area contributed by atoms with Gasteiger partial charge >= 0.3 is 5.69 Å². The highest BCUT2D eigenvalue weighted by atomic mass is 16.3. The zero-order chi connectivity index (χ0) is 13.6. The van der Waals surface area contributed by atoms with Gasteiger partial charge in [0.2, 0.25) is 0 Å². The van der Waals surface area contributed by atoms with Crippen LogP contribution >= 0.6 is 0 Å². The molecule has 1 aliphatic rings. The van der Waals surface area contributed by atoms with Crippen LogP contribution in [0.3, 0.4) is 0 Å². The Kier molecular flexibility index (Phi) is 2.41. The van der Waals surface area contributed by atoms with Gasteiger partial charge in [0.1, 0.15) is 17.6 Å². The van der Waals surface area contributed by atoms with E-state index in [0.29, 0.717) is 17.1 Å². The molecule has 0 aliphatic carbocycles. The summed E-state index contributed by atoms with van der Waals surface area (Å²) in [6, 6.07) is 2.96. The number of fused-ring (bicyclic) bond motifs is 1. The normalized spacial score (nSPS) is 17.1. The molecule has 0 aromatic carbocycles. The van der Waals surface area contributed by atoms with Crippen LogP contribution in [-0.2, 0) is 14.1 Å². The van der Waals surface area contributed by atoms with Crippen molar-refractivity contribution in [2.75, 3.05) is 5.32 Å². The molecule has 1 unspecified atom stereocenters. The van der Waals surface area contributed by atoms with Gasteiger partial charge < -0.3 is 9.73 Å². The first-order chi connectivity index (χ1) is 9.11. The van der Waals surface area contributed by atoms with Gasteiger partial charge in [-0.3, -0.25) is 18.9 Å². The molecule has 0 spiro atoms. The summed E-state index contributed by atoms with van der Waals surface area (Å²) in [6.45, 7) is 0. The third-order valence-corrected chi connectivity index (χ3v) is 3.21. The Morgan fingerprint density at radius 2 is 2.11 bits per heavy atom. The van der Waals surface area contributed by atoms with Crippen molar-refractivity contribution in [1.82, 2.24) is 9.13 Å². The number of furan rings is 1. The third kappa shape index (κ3) is 1.55. The molecule has 3 rings (SSSR count). The van der Waals surface area contributed by atoms with E-state index in [-0.39, 0.29) is 11.2 Å². The number of nitrogens with zero attached hydrogens (tertiary/aromatic N) is 3. The van der Waals surface area contributed by atoms with E-state index in [0.717, 1.165) is 4.57 Å². The topological polar surface area (TPSA) is 81.5 Å². The smallest absolute Gasteiger partial charge is 0.332 e. The molecule has 1 N–H and O–H groups in total. The van der Waals surface area contributed by atoms with Gasteiger partial charge in [-0.25, -0.2) is 4.79 Å². The number of rotatable bonds is 1. The van der Waals surface area contributed by atoms with E-state index in [1.165, 1.54) is 24.2 Å². The van der Waals surface area contributed by atoms with Crippen molar-refractivity contribution in [2.45, 2.75) is 6.04 Å². The first-order valence-electron chi connectivity index (χ1n) is 5.72. The molecule has 7 heteroatoms. The van der Waals surface area contributed by atoms with Gasteiger partial charge in [0.25, 0.3) is 5.56 Å². The maximum absolute atomic E-state index is 12.3. The molecule has 19 heavy (non-hydrogen) atoms. The van der Waals surface area contributed by atoms with Crippen LogP contribution in [-0.4, -0.2) is 15.5 Å². The minimum atomic E-state index is -0.531. The summed E-state index contributed by atoms with van der Waals surface area (Å²) in [7, 11) is 3.05. The summed E-state index contributed by atoms with van der Waals surface area (Å²) >= 11 is 0. The molecule has 1 aliphatic heterocycles. The average Bonchev–Trinajstić information content (AvgIpc) is 2.96. The predicted molar refractivity (Wildman–Crippen MR) is 69.6 cm³/mol. The number of hydrogen-bond donors (Lipinski definition) is 1. The van der Waals surface area contributed by atoms with Gasteiger partial charge in [-0.2, -0.15) is 0 Å². The highest BCUT2D eigenvalue weighted by molar-refractivity contribution is 5.79. The quantitative estimate of drug-likeness (QED) is 0.795. The summed E-state index contributed by atoms with van der Waals surface area (Å²) in [4.78, 5) is 28.4. The molecule has 0 saturated carbocycles. The Morgan fingerprint density at radius 3 is 2.79 bits per heavy atom. The summed E-state index contributed by atoms with van der Waals surface area (Å²) in [6.07, 6.45) is 2.99. The van der Waals surface area contributed by atoms with Crippen LogP contribution < -0.4 is 16.6 Å². The number of hydrogen-bond acceptors (Lipinski definition) is 5. The Morgan fingerprint density at radius 1 is 1.32 bits per heavy atom. The van der Waals surface area contributed by atoms with E-state index in [9.17, 15) is 9.59 Å². The van der Waals surface area contributed by atoms with E-state index in [4.69, 9.17) is 4.42 Å². The number of aliphatic imine (C=N–C) groups is 1. The Balaban J connectivity index is 2.34. The van der Waals surface area contributed by atoms with Crippen LogP contribution in [0.5, 0.6) is 0 Å². The minimum Gasteiger partial charge on any atom is -0.467 e. The van der Waals surface area contributed by atoms with Gasteiger partial charge in [-0.15, -0.1) is 0 Å². The average molecular weight is 260 g/mol. The molecule has 1 atom stereocenters. The second kappa shape index (κ2) is 3.98. The molecule has 3 heterocycles. The molecule has 2 aromatic heterocycles. The largest absolute Gasteiger partial charge is 0.467 e. The van der Waals surface area contributed by atoms with E-state index in [2.05, 4.69) is 10.3 Å². The summed E-state index contributed by atoms with van der Waals surface area (Å²) in [5.41, 5.74) is -0.351. The predicted octanol–water partition coefficient (Wildman–Crippen LogP) is 0.220. The molecule has 0 amide bonds. The third-order valence-electron chi connectivity index (χ3n) is 3.21. The van der Waals surface area contributed by atoms with Crippen LogP contribution in [0, 0.1) is 0 Å². The van der Waals surface area contributed by atoms with Crippen LogP contribution in [0.1, 0.15) is 17.4 Å². The van der Waals surface area contributed by atoms with Crippen molar-refractivity contribution in [3.05, 3.63) is 50.6 Å². The molecular weight excluding hydrogens is 248 g/mol. The van der Waals surface area contributed by atoms with E-state index in [1.54, 1.807) is 19.2 Å². The fourth-order valence-corrected chi connectivity index (χ4v) is 2.20. The van der Waals surface area contributed by atoms with Crippen molar-refractivity contribution < 1.29 is 4.42 Å². The Hall–Kier alpha value is -2.57. The second-order valence-corrected chi connectivity index (χ2v) is 4.31. The lowest BCUT2D eigenvalue weighted by Gasteiger charge is -2.21. The van der Waals surface area contributed by atoms with Crippen molar-refractivity contribution in [2.24, 2.45) is 19.1 Å². The lowest BCUT2D eigenvalue weighted by molar-refractivity contribution is 0.485. The van der Waals surface area contributed by atoms with Gasteiger partial charge in [0.05, 0.1) is 18.2 Å². The number of aromatic nitrogens is 2. The highest BCUT2D eigenvalue weighted by Gasteiger charge is 2.28. The molecule has 0 fully saturated rings. The fraction of sp³-hybridized carbons (Fsp3) is 0.250. The standard InChI is InChI=1S/C12H12N4O3/c1-15-10-8(11(17)16(2)12(15)18)9(13-6-14-10)7-4-3-5-19-7/h3-6,9H,1-2H3,(H,13,14). The molecule has 0 radical (unpaired) electrons. The number of nitrogens with one attached hydrogen (secondary N) is 1. The zero-order valence-corrected chi connectivity index (χ0v) is 10.5. The van der Waals surface area contributed by atoms with Crippen molar-refractivity contribution in [3.63, 3.8) is 0 Å². The lowest BCUT2D eigenvalue weighted by atomic mass is 10.1. The molecule has 0 saturated heterocycles. The van der Waals surface area contributed by atoms with E-state index >= 15 is 0 Å². The van der Waals surface area contributed by atoms with Crippen LogP contribution in [0.25, 0.3) is 0 Å².